The van der Waals surface area contributed by atoms with Crippen molar-refractivity contribution in [3.8, 4) is 0 Å². The van der Waals surface area contributed by atoms with Gasteiger partial charge in [-0.05, 0) is 52.5 Å². The number of esters is 1. The Morgan fingerprint density at radius 2 is 1.41 bits per heavy atom. The predicted molar refractivity (Wildman–Crippen MR) is 155 cm³/mol. The monoisotopic (exact) mass is 558 g/mol. The Morgan fingerprint density at radius 3 is 1.92 bits per heavy atom. The van der Waals surface area contributed by atoms with Crippen LogP contribution in [-0.2, 0) is 14.3 Å². The molecule has 2 aliphatic rings. The molecule has 39 heavy (non-hydrogen) atoms. The molecule has 0 aromatic heterocycles. The molecule has 4 nitrogen and oxygen atoms in total. The van der Waals surface area contributed by atoms with E-state index in [9.17, 15) is 14.7 Å². The van der Waals surface area contributed by atoms with Crippen LogP contribution in [0.5, 0.6) is 0 Å². The summed E-state index contributed by atoms with van der Waals surface area (Å²) in [6, 6.07) is 22.2. The summed E-state index contributed by atoms with van der Waals surface area (Å²) in [5, 5.41) is 11.1. The average molecular weight is 559 g/mol. The van der Waals surface area contributed by atoms with E-state index in [1.807, 2.05) is 49.4 Å². The number of ether oxygens (including phenoxy) is 1. The van der Waals surface area contributed by atoms with Gasteiger partial charge < -0.3 is 9.84 Å². The van der Waals surface area contributed by atoms with Crippen LogP contribution in [0.15, 0.2) is 103 Å². The summed E-state index contributed by atoms with van der Waals surface area (Å²) in [4.78, 5) is 26.5. The smallest absolute Gasteiger partial charge is 0.310 e. The molecule has 0 bridgehead atoms. The predicted octanol–water partition coefficient (Wildman–Crippen LogP) is 8.05. The molecule has 198 valence electrons. The molecule has 1 fully saturated rings. The number of carboxylic acid groups (broad SMARTS) is 1. The second-order valence-electron chi connectivity index (χ2n) is 9.83. The molecule has 0 saturated heterocycles. The molecule has 3 aromatic carbocycles. The van der Waals surface area contributed by atoms with Crippen molar-refractivity contribution >= 4 is 40.7 Å². The summed E-state index contributed by atoms with van der Waals surface area (Å²) in [5.74, 6) is -4.61. The minimum Gasteiger partial charge on any atom is -0.481 e. The molecule has 1 N–H and O–H groups in total. The number of carbonyl (C=O) groups is 2. The van der Waals surface area contributed by atoms with E-state index < -0.39 is 35.6 Å². The van der Waals surface area contributed by atoms with E-state index in [1.165, 1.54) is 0 Å². The number of halogens is 2. The lowest BCUT2D eigenvalue weighted by Crippen LogP contribution is -2.51. The number of fused-ring (bicyclic) bond motifs is 1. The zero-order chi connectivity index (χ0) is 27.7. The minimum atomic E-state index is -1.01. The normalized spacial score (nSPS) is 23.8. The topological polar surface area (TPSA) is 63.6 Å². The molecule has 3 aromatic rings. The summed E-state index contributed by atoms with van der Waals surface area (Å²) in [5.41, 5.74) is 5.42. The fraction of sp³-hybridized carbons (Fsp3) is 0.212. The summed E-state index contributed by atoms with van der Waals surface area (Å²) >= 11 is 13.1. The molecule has 0 amide bonds. The molecule has 0 aliphatic heterocycles. The van der Waals surface area contributed by atoms with Crippen LogP contribution < -0.4 is 0 Å². The molecule has 0 radical (unpaired) electrons. The number of allylic oxidation sites excluding steroid dienone is 4. The van der Waals surface area contributed by atoms with E-state index in [-0.39, 0.29) is 12.5 Å². The highest BCUT2D eigenvalue weighted by atomic mass is 35.5. The van der Waals surface area contributed by atoms with Gasteiger partial charge in [0.05, 0.1) is 11.8 Å². The summed E-state index contributed by atoms with van der Waals surface area (Å²) in [6.45, 7) is 6.07. The highest BCUT2D eigenvalue weighted by Gasteiger charge is 2.60. The number of carbonyl (C=O) groups excluding carboxylic acids is 1. The van der Waals surface area contributed by atoms with Crippen molar-refractivity contribution in [1.29, 1.82) is 0 Å². The standard InChI is InChI=1S/C33H28Cl2O4/c1-3-11-20-19(4-2)21-12-5-6-13-22(21)25(20)18-39-33(38)31-28(23-14-7-9-16-26(23)34)30(32(36)37)29(31)24-15-8-10-17-27(24)35/h3-17,25,28-31H,2,18H2,1H3,(H,36,37)/b11-3-/t25?,28-,29-,30?,31?/m0/s1. The second kappa shape index (κ2) is 11.3. The Morgan fingerprint density at radius 1 is 0.872 bits per heavy atom. The van der Waals surface area contributed by atoms with Crippen LogP contribution in [0, 0.1) is 11.8 Å². The number of benzene rings is 3. The van der Waals surface area contributed by atoms with Gasteiger partial charge in [-0.1, -0.05) is 109 Å². The lowest BCUT2D eigenvalue weighted by Gasteiger charge is -2.49. The quantitative estimate of drug-likeness (QED) is 0.284. The third-order valence-electron chi connectivity index (χ3n) is 7.89. The maximum atomic E-state index is 13.9. The largest absolute Gasteiger partial charge is 0.481 e. The number of hydrogen-bond acceptors (Lipinski definition) is 3. The zero-order valence-electron chi connectivity index (χ0n) is 21.4. The van der Waals surface area contributed by atoms with E-state index in [0.29, 0.717) is 21.2 Å². The van der Waals surface area contributed by atoms with Gasteiger partial charge in [0.2, 0.25) is 0 Å². The highest BCUT2D eigenvalue weighted by Crippen LogP contribution is 2.60. The van der Waals surface area contributed by atoms with Crippen LogP contribution in [-0.4, -0.2) is 23.7 Å². The molecule has 0 spiro atoms. The van der Waals surface area contributed by atoms with Gasteiger partial charge in [-0.3, -0.25) is 9.59 Å². The molecular formula is C33H28Cl2O4. The minimum absolute atomic E-state index is 0.117. The van der Waals surface area contributed by atoms with Crippen molar-refractivity contribution in [3.63, 3.8) is 0 Å². The highest BCUT2D eigenvalue weighted by molar-refractivity contribution is 6.32. The number of rotatable bonds is 8. The van der Waals surface area contributed by atoms with Crippen LogP contribution in [0.4, 0.5) is 0 Å². The van der Waals surface area contributed by atoms with Gasteiger partial charge in [-0.2, -0.15) is 0 Å². The number of hydrogen-bond donors (Lipinski definition) is 1. The van der Waals surface area contributed by atoms with Crippen molar-refractivity contribution in [2.24, 2.45) is 11.8 Å². The van der Waals surface area contributed by atoms with E-state index in [0.717, 1.165) is 22.3 Å². The molecule has 0 heterocycles. The molecule has 3 atom stereocenters. The molecule has 1 saturated carbocycles. The molecule has 6 heteroatoms. The second-order valence-corrected chi connectivity index (χ2v) is 10.6. The van der Waals surface area contributed by atoms with Gasteiger partial charge in [0.15, 0.2) is 0 Å². The Hall–Kier alpha value is -3.60. The van der Waals surface area contributed by atoms with E-state index in [1.54, 1.807) is 48.5 Å². The van der Waals surface area contributed by atoms with Gasteiger partial charge in [-0.15, -0.1) is 0 Å². The fourth-order valence-electron chi connectivity index (χ4n) is 6.22. The summed E-state index contributed by atoms with van der Waals surface area (Å²) < 4.78 is 6.05. The van der Waals surface area contributed by atoms with Crippen molar-refractivity contribution in [3.05, 3.63) is 135 Å². The van der Waals surface area contributed by atoms with E-state index >= 15 is 0 Å². The zero-order valence-corrected chi connectivity index (χ0v) is 22.9. The first-order valence-electron chi connectivity index (χ1n) is 12.9. The van der Waals surface area contributed by atoms with E-state index in [2.05, 4.69) is 6.58 Å². The van der Waals surface area contributed by atoms with Crippen molar-refractivity contribution in [2.45, 2.75) is 24.7 Å². The van der Waals surface area contributed by atoms with Crippen LogP contribution in [0.25, 0.3) is 5.57 Å². The number of carboxylic acids is 1. The van der Waals surface area contributed by atoms with Crippen molar-refractivity contribution < 1.29 is 19.4 Å². The van der Waals surface area contributed by atoms with Crippen molar-refractivity contribution in [2.75, 3.05) is 6.61 Å². The van der Waals surface area contributed by atoms with Gasteiger partial charge >= 0.3 is 11.9 Å². The Balaban J connectivity index is 1.51. The van der Waals surface area contributed by atoms with Gasteiger partial charge in [0.1, 0.15) is 6.61 Å². The molecule has 1 unspecified atom stereocenters. The first-order valence-corrected chi connectivity index (χ1v) is 13.6. The van der Waals surface area contributed by atoms with Crippen LogP contribution in [0.3, 0.4) is 0 Å². The molecule has 5 rings (SSSR count). The molecule has 2 aliphatic carbocycles. The van der Waals surface area contributed by atoms with E-state index in [4.69, 9.17) is 27.9 Å². The van der Waals surface area contributed by atoms with Gasteiger partial charge in [0.25, 0.3) is 0 Å². The maximum Gasteiger partial charge on any atom is 0.310 e. The Kier molecular flexibility index (Phi) is 7.79. The van der Waals surface area contributed by atoms with Crippen LogP contribution in [0.1, 0.15) is 46.9 Å². The maximum absolute atomic E-state index is 13.9. The summed E-state index contributed by atoms with van der Waals surface area (Å²) in [7, 11) is 0. The van der Waals surface area contributed by atoms with Crippen LogP contribution in [0.2, 0.25) is 10.0 Å². The van der Waals surface area contributed by atoms with Gasteiger partial charge in [-0.25, -0.2) is 0 Å². The lowest BCUT2D eigenvalue weighted by atomic mass is 9.52. The molecular weight excluding hydrogens is 531 g/mol. The van der Waals surface area contributed by atoms with Crippen LogP contribution >= 0.6 is 23.2 Å². The van der Waals surface area contributed by atoms with Crippen molar-refractivity contribution in [1.82, 2.24) is 0 Å². The number of aliphatic carboxylic acids is 1. The summed E-state index contributed by atoms with van der Waals surface area (Å²) in [6.07, 6.45) is 5.82. The Labute approximate surface area is 238 Å². The third kappa shape index (κ3) is 4.73. The SMILES string of the molecule is C=CC1=C(/C=C\C)C(COC(=O)C2[C@@H](c3ccccc3Cl)C(C(=O)O)[C@@H]2c2ccccc2Cl)c2ccccc21. The fourth-order valence-corrected chi connectivity index (χ4v) is 6.75. The third-order valence-corrected chi connectivity index (χ3v) is 8.58. The first kappa shape index (κ1) is 27.0. The Bertz CT molecular complexity index is 1450. The lowest BCUT2D eigenvalue weighted by molar-refractivity contribution is -0.164. The van der Waals surface area contributed by atoms with Gasteiger partial charge in [0, 0.05) is 27.8 Å². The average Bonchev–Trinajstić information content (AvgIpc) is 3.21. The first-order chi connectivity index (χ1) is 18.9.